The SMILES string of the molecule is CCNC(=O)CNC(C)c1cc(C)ccc1O. The molecule has 1 atom stereocenters. The van der Waals surface area contributed by atoms with Crippen molar-refractivity contribution in [2.75, 3.05) is 13.1 Å². The van der Waals surface area contributed by atoms with Gasteiger partial charge in [-0.05, 0) is 26.8 Å². The van der Waals surface area contributed by atoms with Gasteiger partial charge in [0.05, 0.1) is 6.54 Å². The molecule has 1 aromatic carbocycles. The lowest BCUT2D eigenvalue weighted by molar-refractivity contribution is -0.120. The van der Waals surface area contributed by atoms with Crippen LogP contribution in [-0.2, 0) is 4.79 Å². The molecular formula is C13H20N2O2. The van der Waals surface area contributed by atoms with E-state index in [1.54, 1.807) is 6.07 Å². The molecule has 3 N–H and O–H groups in total. The van der Waals surface area contributed by atoms with Gasteiger partial charge < -0.3 is 15.7 Å². The third-order valence-corrected chi connectivity index (χ3v) is 2.59. The van der Waals surface area contributed by atoms with E-state index in [4.69, 9.17) is 0 Å². The maximum Gasteiger partial charge on any atom is 0.233 e. The van der Waals surface area contributed by atoms with Crippen molar-refractivity contribution < 1.29 is 9.90 Å². The normalized spacial score (nSPS) is 12.2. The van der Waals surface area contributed by atoms with Crippen molar-refractivity contribution in [2.24, 2.45) is 0 Å². The van der Waals surface area contributed by atoms with Crippen LogP contribution in [0.25, 0.3) is 0 Å². The van der Waals surface area contributed by atoms with E-state index in [1.165, 1.54) is 0 Å². The van der Waals surface area contributed by atoms with Gasteiger partial charge in [0, 0.05) is 18.2 Å². The van der Waals surface area contributed by atoms with E-state index in [0.29, 0.717) is 6.54 Å². The van der Waals surface area contributed by atoms with Crippen molar-refractivity contribution in [3.63, 3.8) is 0 Å². The van der Waals surface area contributed by atoms with E-state index in [1.807, 2.05) is 32.9 Å². The van der Waals surface area contributed by atoms with Gasteiger partial charge in [-0.15, -0.1) is 0 Å². The Morgan fingerprint density at radius 1 is 1.47 bits per heavy atom. The summed E-state index contributed by atoms with van der Waals surface area (Å²) in [4.78, 5) is 11.3. The Morgan fingerprint density at radius 3 is 2.82 bits per heavy atom. The first-order valence-corrected chi connectivity index (χ1v) is 5.84. The molecule has 1 amide bonds. The van der Waals surface area contributed by atoms with Gasteiger partial charge in [0.1, 0.15) is 5.75 Å². The molecule has 0 spiro atoms. The molecule has 0 saturated heterocycles. The monoisotopic (exact) mass is 236 g/mol. The first kappa shape index (κ1) is 13.5. The number of phenolic OH excluding ortho intramolecular Hbond substituents is 1. The van der Waals surface area contributed by atoms with Crippen LogP contribution < -0.4 is 10.6 Å². The van der Waals surface area contributed by atoms with Crippen molar-refractivity contribution in [2.45, 2.75) is 26.8 Å². The fourth-order valence-electron chi connectivity index (χ4n) is 1.64. The van der Waals surface area contributed by atoms with E-state index in [2.05, 4.69) is 10.6 Å². The predicted octanol–water partition coefficient (Wildman–Crippen LogP) is 1.49. The molecule has 17 heavy (non-hydrogen) atoms. The van der Waals surface area contributed by atoms with Gasteiger partial charge in [0.15, 0.2) is 0 Å². The number of nitrogens with one attached hydrogen (secondary N) is 2. The number of benzene rings is 1. The van der Waals surface area contributed by atoms with Crippen molar-refractivity contribution in [1.82, 2.24) is 10.6 Å². The molecule has 1 unspecified atom stereocenters. The van der Waals surface area contributed by atoms with Crippen molar-refractivity contribution in [3.8, 4) is 5.75 Å². The fourth-order valence-corrected chi connectivity index (χ4v) is 1.64. The minimum absolute atomic E-state index is 0.0357. The Balaban J connectivity index is 2.60. The summed E-state index contributed by atoms with van der Waals surface area (Å²) in [5.74, 6) is 0.220. The molecule has 1 rings (SSSR count). The molecule has 0 fully saturated rings. The highest BCUT2D eigenvalue weighted by molar-refractivity contribution is 5.77. The lowest BCUT2D eigenvalue weighted by Crippen LogP contribution is -2.34. The number of carbonyl (C=O) groups excluding carboxylic acids is 1. The quantitative estimate of drug-likeness (QED) is 0.726. The van der Waals surface area contributed by atoms with Crippen LogP contribution in [0.1, 0.15) is 31.0 Å². The van der Waals surface area contributed by atoms with E-state index >= 15 is 0 Å². The van der Waals surface area contributed by atoms with Crippen LogP contribution in [0, 0.1) is 6.92 Å². The zero-order valence-electron chi connectivity index (χ0n) is 10.6. The fraction of sp³-hybridized carbons (Fsp3) is 0.462. The number of phenols is 1. The summed E-state index contributed by atoms with van der Waals surface area (Å²) in [6.45, 7) is 6.66. The molecule has 94 valence electrons. The van der Waals surface area contributed by atoms with Crippen molar-refractivity contribution in [1.29, 1.82) is 0 Å². The molecule has 0 bridgehead atoms. The molecular weight excluding hydrogens is 216 g/mol. The number of carbonyl (C=O) groups is 1. The Bertz CT molecular complexity index is 391. The van der Waals surface area contributed by atoms with Gasteiger partial charge in [0.25, 0.3) is 0 Å². The number of hydrogen-bond donors (Lipinski definition) is 3. The zero-order chi connectivity index (χ0) is 12.8. The second-order valence-corrected chi connectivity index (χ2v) is 4.12. The van der Waals surface area contributed by atoms with Crippen LogP contribution >= 0.6 is 0 Å². The summed E-state index contributed by atoms with van der Waals surface area (Å²) >= 11 is 0. The van der Waals surface area contributed by atoms with Crippen LogP contribution in [0.5, 0.6) is 5.75 Å². The second-order valence-electron chi connectivity index (χ2n) is 4.12. The summed E-state index contributed by atoms with van der Waals surface area (Å²) in [5.41, 5.74) is 1.90. The molecule has 0 radical (unpaired) electrons. The first-order valence-electron chi connectivity index (χ1n) is 5.84. The summed E-state index contributed by atoms with van der Waals surface area (Å²) in [6, 6.07) is 5.40. The maximum atomic E-state index is 11.3. The summed E-state index contributed by atoms with van der Waals surface area (Å²) in [6.07, 6.45) is 0. The highest BCUT2D eigenvalue weighted by Gasteiger charge is 2.11. The van der Waals surface area contributed by atoms with E-state index < -0.39 is 0 Å². The van der Waals surface area contributed by atoms with E-state index in [0.717, 1.165) is 11.1 Å². The maximum absolute atomic E-state index is 11.3. The molecule has 1 aromatic rings. The highest BCUT2D eigenvalue weighted by Crippen LogP contribution is 2.24. The van der Waals surface area contributed by atoms with Crippen LogP contribution in [0.15, 0.2) is 18.2 Å². The first-order chi connectivity index (χ1) is 8.04. The lowest BCUT2D eigenvalue weighted by atomic mass is 10.0. The molecule has 4 heteroatoms. The molecule has 0 aliphatic heterocycles. The van der Waals surface area contributed by atoms with E-state index in [9.17, 15) is 9.90 Å². The number of hydrogen-bond acceptors (Lipinski definition) is 3. The Labute approximate surface area is 102 Å². The van der Waals surface area contributed by atoms with Gasteiger partial charge in [-0.25, -0.2) is 0 Å². The molecule has 0 heterocycles. The Kier molecular flexibility index (Phi) is 4.97. The van der Waals surface area contributed by atoms with Crippen LogP contribution in [-0.4, -0.2) is 24.1 Å². The molecule has 0 aliphatic rings. The Morgan fingerprint density at radius 2 is 2.18 bits per heavy atom. The number of aromatic hydroxyl groups is 1. The van der Waals surface area contributed by atoms with Gasteiger partial charge in [-0.3, -0.25) is 4.79 Å². The topological polar surface area (TPSA) is 61.4 Å². The molecule has 0 aromatic heterocycles. The summed E-state index contributed by atoms with van der Waals surface area (Å²) in [5, 5.41) is 15.5. The van der Waals surface area contributed by atoms with Gasteiger partial charge in [-0.1, -0.05) is 17.7 Å². The van der Waals surface area contributed by atoms with Crippen LogP contribution in [0.3, 0.4) is 0 Å². The molecule has 0 saturated carbocycles. The average Bonchev–Trinajstić information content (AvgIpc) is 2.29. The third kappa shape index (κ3) is 4.07. The van der Waals surface area contributed by atoms with Gasteiger partial charge in [0.2, 0.25) is 5.91 Å². The third-order valence-electron chi connectivity index (χ3n) is 2.59. The Hall–Kier alpha value is -1.55. The van der Waals surface area contributed by atoms with Crippen LogP contribution in [0.4, 0.5) is 0 Å². The average molecular weight is 236 g/mol. The van der Waals surface area contributed by atoms with Gasteiger partial charge in [-0.2, -0.15) is 0 Å². The minimum Gasteiger partial charge on any atom is -0.508 e. The van der Waals surface area contributed by atoms with Gasteiger partial charge >= 0.3 is 0 Å². The summed E-state index contributed by atoms with van der Waals surface area (Å²) < 4.78 is 0. The standard InChI is InChI=1S/C13H20N2O2/c1-4-14-13(17)8-15-10(3)11-7-9(2)5-6-12(11)16/h5-7,10,15-16H,4,8H2,1-3H3,(H,14,17). The number of amides is 1. The smallest absolute Gasteiger partial charge is 0.233 e. The van der Waals surface area contributed by atoms with Crippen molar-refractivity contribution >= 4 is 5.91 Å². The number of likely N-dealkylation sites (N-methyl/N-ethyl adjacent to an activating group) is 1. The number of rotatable bonds is 5. The number of aryl methyl sites for hydroxylation is 1. The highest BCUT2D eigenvalue weighted by atomic mass is 16.3. The molecule has 0 aliphatic carbocycles. The van der Waals surface area contributed by atoms with E-state index in [-0.39, 0.29) is 24.2 Å². The van der Waals surface area contributed by atoms with Crippen LogP contribution in [0.2, 0.25) is 0 Å². The minimum atomic E-state index is -0.0579. The molecule has 4 nitrogen and oxygen atoms in total. The lowest BCUT2D eigenvalue weighted by Gasteiger charge is -2.15. The predicted molar refractivity (Wildman–Crippen MR) is 67.9 cm³/mol. The second kappa shape index (κ2) is 6.25. The zero-order valence-corrected chi connectivity index (χ0v) is 10.6. The largest absolute Gasteiger partial charge is 0.508 e. The summed E-state index contributed by atoms with van der Waals surface area (Å²) in [7, 11) is 0. The van der Waals surface area contributed by atoms with Crippen molar-refractivity contribution in [3.05, 3.63) is 29.3 Å².